The van der Waals surface area contributed by atoms with Crippen molar-refractivity contribution >= 4 is 17.5 Å². The highest BCUT2D eigenvalue weighted by molar-refractivity contribution is 7.99. The molecule has 0 N–H and O–H groups in total. The van der Waals surface area contributed by atoms with Crippen molar-refractivity contribution in [2.75, 3.05) is 5.75 Å². The quantitative estimate of drug-likeness (QED) is 0.172. The van der Waals surface area contributed by atoms with E-state index in [1.807, 2.05) is 16.7 Å². The zero-order chi connectivity index (χ0) is 25.2. The molecule has 0 aliphatic rings. The van der Waals surface area contributed by atoms with E-state index in [9.17, 15) is 18.0 Å². The van der Waals surface area contributed by atoms with E-state index in [-0.39, 0.29) is 11.5 Å². The first-order valence-electron chi connectivity index (χ1n) is 10.7. The van der Waals surface area contributed by atoms with Gasteiger partial charge in [0.25, 0.3) is 0 Å². The van der Waals surface area contributed by atoms with E-state index in [1.54, 1.807) is 49.0 Å². The van der Waals surface area contributed by atoms with E-state index < -0.39 is 11.7 Å². The van der Waals surface area contributed by atoms with Gasteiger partial charge in [-0.05, 0) is 50.2 Å². The number of allylic oxidation sites excluding steroid dienone is 1. The third kappa shape index (κ3) is 5.07. The van der Waals surface area contributed by atoms with Gasteiger partial charge in [0.05, 0.1) is 11.3 Å². The number of hydrogen-bond donors (Lipinski definition) is 0. The molecule has 180 valence electrons. The first-order chi connectivity index (χ1) is 16.7. The Morgan fingerprint density at radius 1 is 1.11 bits per heavy atom. The fraction of sp³-hybridized carbons (Fsp3) is 0.200. The number of nitrogens with zero attached hydrogens (tertiary/aromatic N) is 5. The van der Waals surface area contributed by atoms with Gasteiger partial charge in [-0.25, -0.2) is 0 Å². The molecule has 0 aliphatic carbocycles. The van der Waals surface area contributed by atoms with Gasteiger partial charge in [-0.1, -0.05) is 23.9 Å². The Morgan fingerprint density at radius 3 is 2.54 bits per heavy atom. The van der Waals surface area contributed by atoms with E-state index in [0.717, 1.165) is 17.7 Å². The molecule has 0 spiro atoms. The number of hydrogen-bond acceptors (Lipinski definition) is 5. The van der Waals surface area contributed by atoms with Crippen molar-refractivity contribution in [3.05, 3.63) is 90.0 Å². The summed E-state index contributed by atoms with van der Waals surface area (Å²) in [5.74, 6) is 0.586. The molecule has 0 saturated carbocycles. The highest BCUT2D eigenvalue weighted by Crippen LogP contribution is 2.32. The molecule has 0 radical (unpaired) electrons. The summed E-state index contributed by atoms with van der Waals surface area (Å²) in [4.78, 5) is 17.1. The number of carbonyl (C=O) groups is 1. The van der Waals surface area contributed by atoms with E-state index in [0.29, 0.717) is 40.2 Å². The molecule has 0 atom stereocenters. The molecule has 0 amide bonds. The van der Waals surface area contributed by atoms with Crippen molar-refractivity contribution in [3.63, 3.8) is 0 Å². The topological polar surface area (TPSA) is 65.6 Å². The van der Waals surface area contributed by atoms with E-state index in [4.69, 9.17) is 0 Å². The Hall–Kier alpha value is -3.66. The fourth-order valence-electron chi connectivity index (χ4n) is 3.88. The van der Waals surface area contributed by atoms with Crippen LogP contribution in [0, 0.1) is 13.8 Å². The molecule has 4 rings (SSSR count). The average molecular weight is 498 g/mol. The number of aromatic nitrogens is 5. The van der Waals surface area contributed by atoms with Crippen molar-refractivity contribution in [1.29, 1.82) is 0 Å². The highest BCUT2D eigenvalue weighted by Gasteiger charge is 2.31. The van der Waals surface area contributed by atoms with Crippen LogP contribution in [0.3, 0.4) is 0 Å². The van der Waals surface area contributed by atoms with Crippen LogP contribution < -0.4 is 0 Å². The van der Waals surface area contributed by atoms with Gasteiger partial charge in [0.1, 0.15) is 0 Å². The van der Waals surface area contributed by atoms with Crippen LogP contribution in [0.5, 0.6) is 0 Å². The predicted octanol–water partition coefficient (Wildman–Crippen LogP) is 5.93. The summed E-state index contributed by atoms with van der Waals surface area (Å²) in [6.45, 7) is 7.75. The molecule has 0 aliphatic heterocycles. The first kappa shape index (κ1) is 24.5. The van der Waals surface area contributed by atoms with Crippen LogP contribution in [0.1, 0.15) is 27.3 Å². The molecular weight excluding hydrogens is 475 g/mol. The molecule has 4 aromatic rings. The van der Waals surface area contributed by atoms with Gasteiger partial charge < -0.3 is 4.57 Å². The summed E-state index contributed by atoms with van der Waals surface area (Å²) in [7, 11) is 0. The third-order valence-corrected chi connectivity index (χ3v) is 6.43. The van der Waals surface area contributed by atoms with Crippen molar-refractivity contribution in [2.24, 2.45) is 0 Å². The zero-order valence-corrected chi connectivity index (χ0v) is 19.9. The van der Waals surface area contributed by atoms with Crippen LogP contribution in [-0.4, -0.2) is 35.9 Å². The Balaban J connectivity index is 1.58. The number of Topliss-reactive ketones (excluding diaryl/α,β-unsaturated/α-hetero) is 1. The van der Waals surface area contributed by atoms with Crippen molar-refractivity contribution in [1.82, 2.24) is 24.3 Å². The summed E-state index contributed by atoms with van der Waals surface area (Å²) in [5, 5.41) is 9.08. The van der Waals surface area contributed by atoms with Crippen molar-refractivity contribution < 1.29 is 18.0 Å². The van der Waals surface area contributed by atoms with Crippen LogP contribution in [0.2, 0.25) is 0 Å². The van der Waals surface area contributed by atoms with Gasteiger partial charge in [0.2, 0.25) is 0 Å². The minimum atomic E-state index is -4.45. The summed E-state index contributed by atoms with van der Waals surface area (Å²) < 4.78 is 43.1. The average Bonchev–Trinajstić information content (AvgIpc) is 3.37. The molecule has 0 unspecified atom stereocenters. The molecular formula is C25H22F3N5OS. The van der Waals surface area contributed by atoms with Crippen LogP contribution in [0.15, 0.2) is 72.7 Å². The SMILES string of the molecule is C=CCn1c(SCC(=O)c2cc(C)n(-c3cccc(C(F)(F)F)c3)c2C)nnc1-c1ccncc1. The summed E-state index contributed by atoms with van der Waals surface area (Å²) in [5.41, 5.74) is 2.17. The van der Waals surface area contributed by atoms with Gasteiger partial charge in [-0.2, -0.15) is 13.2 Å². The molecule has 0 saturated heterocycles. The van der Waals surface area contributed by atoms with E-state index in [2.05, 4.69) is 21.8 Å². The van der Waals surface area contributed by atoms with Gasteiger partial charge in [-0.15, -0.1) is 16.8 Å². The van der Waals surface area contributed by atoms with Gasteiger partial charge in [-0.3, -0.25) is 14.3 Å². The van der Waals surface area contributed by atoms with Gasteiger partial charge in [0.15, 0.2) is 16.8 Å². The minimum absolute atomic E-state index is 0.0957. The molecule has 3 aromatic heterocycles. The number of alkyl halides is 3. The molecule has 0 fully saturated rings. The van der Waals surface area contributed by atoms with Crippen LogP contribution in [0.25, 0.3) is 17.1 Å². The second-order valence-corrected chi connectivity index (χ2v) is 8.76. The molecule has 35 heavy (non-hydrogen) atoms. The van der Waals surface area contributed by atoms with Crippen molar-refractivity contribution in [2.45, 2.75) is 31.7 Å². The standard InChI is InChI=1S/C25H22F3N5OS/c1-4-12-32-23(18-8-10-29-11-9-18)30-31-24(32)35-15-22(34)21-13-16(2)33(17(21)3)20-7-5-6-19(14-20)25(26,27)28/h4-11,13-14H,1,12,15H2,2-3H3. The number of carbonyl (C=O) groups excluding carboxylic acids is 1. The highest BCUT2D eigenvalue weighted by atomic mass is 32.2. The maximum atomic E-state index is 13.2. The number of thioether (sulfide) groups is 1. The number of aryl methyl sites for hydroxylation is 1. The largest absolute Gasteiger partial charge is 0.416 e. The van der Waals surface area contributed by atoms with Crippen molar-refractivity contribution in [3.8, 4) is 17.1 Å². The molecule has 10 heteroatoms. The number of halogens is 3. The number of benzene rings is 1. The van der Waals surface area contributed by atoms with Gasteiger partial charge in [0, 0.05) is 47.1 Å². The number of pyridine rings is 1. The first-order valence-corrected chi connectivity index (χ1v) is 11.7. The predicted molar refractivity (Wildman–Crippen MR) is 129 cm³/mol. The molecule has 6 nitrogen and oxygen atoms in total. The lowest BCUT2D eigenvalue weighted by Gasteiger charge is -2.13. The second-order valence-electron chi connectivity index (χ2n) is 7.82. The van der Waals surface area contributed by atoms with Gasteiger partial charge >= 0.3 is 6.18 Å². The monoisotopic (exact) mass is 497 g/mol. The number of rotatable bonds is 8. The summed E-state index contributed by atoms with van der Waals surface area (Å²) >= 11 is 1.25. The lowest BCUT2D eigenvalue weighted by Crippen LogP contribution is -2.09. The maximum absolute atomic E-state index is 13.2. The van der Waals surface area contributed by atoms with E-state index in [1.165, 1.54) is 17.8 Å². The lowest BCUT2D eigenvalue weighted by molar-refractivity contribution is -0.137. The van der Waals surface area contributed by atoms with Crippen LogP contribution >= 0.6 is 11.8 Å². The van der Waals surface area contributed by atoms with Crippen LogP contribution in [-0.2, 0) is 12.7 Å². The third-order valence-electron chi connectivity index (χ3n) is 5.46. The second kappa shape index (κ2) is 9.91. The summed E-state index contributed by atoms with van der Waals surface area (Å²) in [6, 6.07) is 10.4. The maximum Gasteiger partial charge on any atom is 0.416 e. The minimum Gasteiger partial charge on any atom is -0.318 e. The smallest absolute Gasteiger partial charge is 0.318 e. The Kier molecular flexibility index (Phi) is 6.93. The Morgan fingerprint density at radius 2 is 1.86 bits per heavy atom. The normalized spacial score (nSPS) is 11.6. The molecule has 0 bridgehead atoms. The Bertz CT molecular complexity index is 1380. The summed E-state index contributed by atoms with van der Waals surface area (Å²) in [6.07, 6.45) is 0.608. The fourth-order valence-corrected chi connectivity index (χ4v) is 4.71. The number of ketones is 1. The Labute approximate surface area is 204 Å². The lowest BCUT2D eigenvalue weighted by atomic mass is 10.1. The molecule has 1 aromatic carbocycles. The zero-order valence-electron chi connectivity index (χ0n) is 19.1. The van der Waals surface area contributed by atoms with E-state index >= 15 is 0 Å². The molecule has 3 heterocycles. The van der Waals surface area contributed by atoms with Crippen LogP contribution in [0.4, 0.5) is 13.2 Å².